The van der Waals surface area contributed by atoms with E-state index in [-0.39, 0.29) is 25.7 Å². The van der Waals surface area contributed by atoms with E-state index in [2.05, 4.69) is 104 Å². The SMILES string of the molecule is C.Cc1cc2cccc(Br)c2cn1.Cc1ncc(-c2cc3cccc(Br)c3cn2)s1.Cc1ncc(B2OC(C)(C)C(C)(C)O2)s1. The molecule has 2 aromatic carbocycles. The number of benzene rings is 2. The summed E-state index contributed by atoms with van der Waals surface area (Å²) < 4.78 is 15.1. The van der Waals surface area contributed by atoms with Crippen molar-refractivity contribution < 1.29 is 9.31 Å². The largest absolute Gasteiger partial charge is 0.507 e. The second kappa shape index (κ2) is 14.5. The van der Waals surface area contributed by atoms with E-state index in [1.54, 1.807) is 22.7 Å². The predicted molar refractivity (Wildman–Crippen MR) is 199 cm³/mol. The first-order valence-corrected chi connectivity index (χ1v) is 17.3. The molecule has 5 heterocycles. The van der Waals surface area contributed by atoms with Gasteiger partial charge >= 0.3 is 7.12 Å². The Morgan fingerprint density at radius 1 is 0.667 bits per heavy atom. The molecule has 0 atom stereocenters. The number of hydrogen-bond acceptors (Lipinski definition) is 8. The highest BCUT2D eigenvalue weighted by atomic mass is 79.9. The smallest absolute Gasteiger partial charge is 0.399 e. The minimum absolute atomic E-state index is 0. The minimum Gasteiger partial charge on any atom is -0.399 e. The van der Waals surface area contributed by atoms with Crippen LogP contribution in [0.4, 0.5) is 0 Å². The van der Waals surface area contributed by atoms with Crippen molar-refractivity contribution in [3.05, 3.63) is 98.0 Å². The molecule has 7 rings (SSSR count). The molecule has 0 radical (unpaired) electrons. The van der Waals surface area contributed by atoms with Crippen molar-refractivity contribution in [2.24, 2.45) is 0 Å². The van der Waals surface area contributed by atoms with Crippen LogP contribution in [-0.2, 0) is 9.31 Å². The second-order valence-corrected chi connectivity index (χ2v) is 15.6. The van der Waals surface area contributed by atoms with E-state index in [9.17, 15) is 0 Å². The normalized spacial score (nSPS) is 14.7. The molecule has 45 heavy (non-hydrogen) atoms. The van der Waals surface area contributed by atoms with Gasteiger partial charge in [0.2, 0.25) is 0 Å². The number of fused-ring (bicyclic) bond motifs is 2. The highest BCUT2D eigenvalue weighted by Gasteiger charge is 2.52. The lowest BCUT2D eigenvalue weighted by atomic mass is 9.89. The summed E-state index contributed by atoms with van der Waals surface area (Å²) in [7, 11) is -0.263. The quantitative estimate of drug-likeness (QED) is 0.164. The molecule has 4 aromatic heterocycles. The Balaban J connectivity index is 0.000000154. The van der Waals surface area contributed by atoms with E-state index in [0.29, 0.717) is 0 Å². The fourth-order valence-corrected chi connectivity index (χ4v) is 6.90. The fourth-order valence-electron chi connectivity index (χ4n) is 4.44. The topological polar surface area (TPSA) is 70.0 Å². The van der Waals surface area contributed by atoms with Gasteiger partial charge in [-0.3, -0.25) is 15.0 Å². The van der Waals surface area contributed by atoms with Crippen molar-refractivity contribution >= 4 is 88.0 Å². The summed E-state index contributed by atoms with van der Waals surface area (Å²) in [6.07, 6.45) is 7.52. The first kappa shape index (κ1) is 35.3. The highest BCUT2D eigenvalue weighted by molar-refractivity contribution is 9.11. The van der Waals surface area contributed by atoms with E-state index in [0.717, 1.165) is 45.4 Å². The van der Waals surface area contributed by atoms with Gasteiger partial charge in [0.1, 0.15) is 0 Å². The lowest BCUT2D eigenvalue weighted by Gasteiger charge is -2.32. The maximum Gasteiger partial charge on any atom is 0.507 e. The molecule has 0 unspecified atom stereocenters. The first-order valence-electron chi connectivity index (χ1n) is 14.1. The molecule has 1 fully saturated rings. The van der Waals surface area contributed by atoms with Gasteiger partial charge in [0, 0.05) is 50.2 Å². The van der Waals surface area contributed by atoms with Crippen LogP contribution in [0.15, 0.2) is 82.3 Å². The van der Waals surface area contributed by atoms with Crippen molar-refractivity contribution in [3.63, 3.8) is 0 Å². The van der Waals surface area contributed by atoms with Crippen LogP contribution in [0, 0.1) is 20.8 Å². The van der Waals surface area contributed by atoms with Crippen LogP contribution in [0.1, 0.15) is 50.8 Å². The van der Waals surface area contributed by atoms with Gasteiger partial charge in [-0.05, 0) is 83.5 Å². The van der Waals surface area contributed by atoms with Crippen molar-refractivity contribution in [1.29, 1.82) is 0 Å². The number of nitrogens with zero attached hydrogens (tertiary/aromatic N) is 4. The van der Waals surface area contributed by atoms with E-state index in [1.165, 1.54) is 16.2 Å². The fraction of sp³-hybridized carbons (Fsp3) is 0.294. The second-order valence-electron chi connectivity index (χ2n) is 11.4. The molecule has 1 saturated heterocycles. The maximum absolute atomic E-state index is 5.91. The Morgan fingerprint density at radius 2 is 1.20 bits per heavy atom. The summed E-state index contributed by atoms with van der Waals surface area (Å²) in [4.78, 5) is 18.3. The minimum atomic E-state index is -0.268. The summed E-state index contributed by atoms with van der Waals surface area (Å²) in [6, 6.07) is 16.5. The summed E-state index contributed by atoms with van der Waals surface area (Å²) >= 11 is 10.3. The summed E-state index contributed by atoms with van der Waals surface area (Å²) in [5.41, 5.74) is 1.51. The van der Waals surface area contributed by atoms with E-state index < -0.39 is 0 Å². The Bertz CT molecular complexity index is 1910. The lowest BCUT2D eigenvalue weighted by Crippen LogP contribution is -2.41. The number of halogens is 2. The third-order valence-electron chi connectivity index (χ3n) is 7.56. The maximum atomic E-state index is 5.91. The molecule has 0 aliphatic carbocycles. The van der Waals surface area contributed by atoms with Crippen molar-refractivity contribution in [3.8, 4) is 10.6 Å². The summed E-state index contributed by atoms with van der Waals surface area (Å²) in [6.45, 7) is 14.2. The molecule has 1 aliphatic rings. The zero-order valence-corrected chi connectivity index (χ0v) is 30.5. The lowest BCUT2D eigenvalue weighted by molar-refractivity contribution is 0.00578. The van der Waals surface area contributed by atoms with Gasteiger partial charge in [-0.1, -0.05) is 63.6 Å². The molecule has 0 spiro atoms. The molecular formula is C34H37BBr2N4O2S2. The number of aromatic nitrogens is 4. The van der Waals surface area contributed by atoms with Crippen LogP contribution < -0.4 is 4.78 Å². The van der Waals surface area contributed by atoms with Gasteiger partial charge in [-0.15, -0.1) is 22.7 Å². The Morgan fingerprint density at radius 3 is 1.73 bits per heavy atom. The number of rotatable bonds is 2. The molecule has 6 aromatic rings. The van der Waals surface area contributed by atoms with Crippen LogP contribution in [-0.4, -0.2) is 38.3 Å². The van der Waals surface area contributed by atoms with Gasteiger partial charge < -0.3 is 9.31 Å². The van der Waals surface area contributed by atoms with Gasteiger partial charge in [0.05, 0.1) is 36.6 Å². The third-order valence-corrected chi connectivity index (χ3v) is 10.8. The molecule has 234 valence electrons. The van der Waals surface area contributed by atoms with Gasteiger partial charge in [0.15, 0.2) is 0 Å². The molecule has 0 amide bonds. The molecule has 0 saturated carbocycles. The van der Waals surface area contributed by atoms with Crippen LogP contribution in [0.3, 0.4) is 0 Å². The Labute approximate surface area is 291 Å². The van der Waals surface area contributed by atoms with Gasteiger partial charge in [0.25, 0.3) is 0 Å². The van der Waals surface area contributed by atoms with Crippen LogP contribution in [0.5, 0.6) is 0 Å². The molecule has 0 N–H and O–H groups in total. The average molecular weight is 768 g/mol. The molecular weight excluding hydrogens is 731 g/mol. The van der Waals surface area contributed by atoms with Gasteiger partial charge in [-0.2, -0.15) is 0 Å². The van der Waals surface area contributed by atoms with Crippen molar-refractivity contribution in [2.45, 2.75) is 67.1 Å². The molecule has 6 nitrogen and oxygen atoms in total. The number of thiazole rings is 2. The van der Waals surface area contributed by atoms with E-state index in [4.69, 9.17) is 9.31 Å². The standard InChI is InChI=1S/C13H9BrN2S.C10H16BNO2S.C10H8BrN.CH4/c1-8-15-7-13(17-8)12-5-9-3-2-4-11(14)10(9)6-16-12;1-7-12-6-8(15-7)11-13-9(2,3)10(4,5)14-11;1-7-5-8-3-2-4-10(11)9(8)6-12-7;/h2-7H,1H3;6H,1-5H3;2-6H,1H3;1H4. The zero-order chi connectivity index (χ0) is 31.6. The van der Waals surface area contributed by atoms with Crippen LogP contribution in [0.25, 0.3) is 32.1 Å². The zero-order valence-electron chi connectivity index (χ0n) is 25.7. The summed E-state index contributed by atoms with van der Waals surface area (Å²) in [5, 5.41) is 6.84. The first-order chi connectivity index (χ1) is 20.8. The van der Waals surface area contributed by atoms with E-state index >= 15 is 0 Å². The highest BCUT2D eigenvalue weighted by Crippen LogP contribution is 2.37. The number of hydrogen-bond donors (Lipinski definition) is 0. The van der Waals surface area contributed by atoms with E-state index in [1.807, 2.05) is 69.8 Å². The van der Waals surface area contributed by atoms with Crippen LogP contribution >= 0.6 is 54.5 Å². The number of aryl methyl sites for hydroxylation is 3. The van der Waals surface area contributed by atoms with Crippen molar-refractivity contribution in [2.75, 3.05) is 0 Å². The Hall–Kier alpha value is -2.54. The average Bonchev–Trinajstić information content (AvgIpc) is 3.66. The van der Waals surface area contributed by atoms with Crippen molar-refractivity contribution in [1.82, 2.24) is 19.9 Å². The monoisotopic (exact) mass is 766 g/mol. The third kappa shape index (κ3) is 8.25. The summed E-state index contributed by atoms with van der Waals surface area (Å²) in [5.74, 6) is 0. The predicted octanol–water partition coefficient (Wildman–Crippen LogP) is 10.1. The van der Waals surface area contributed by atoms with Gasteiger partial charge in [-0.25, -0.2) is 4.98 Å². The number of pyridine rings is 2. The van der Waals surface area contributed by atoms with Crippen LogP contribution in [0.2, 0.25) is 0 Å². The molecule has 0 bridgehead atoms. The Kier molecular flexibility index (Phi) is 11.4. The molecule has 11 heteroatoms. The molecule has 1 aliphatic heterocycles.